The molecule has 0 unspecified atom stereocenters. The molecular weight excluding hydrogens is 560 g/mol. The molecule has 46 heavy (non-hydrogen) atoms. The first-order valence-corrected chi connectivity index (χ1v) is 15.7. The van der Waals surface area contributed by atoms with Crippen molar-refractivity contribution >= 4 is 32.7 Å². The number of pyridine rings is 2. The van der Waals surface area contributed by atoms with E-state index in [-0.39, 0.29) is 5.41 Å². The van der Waals surface area contributed by atoms with Crippen LogP contribution in [0.3, 0.4) is 0 Å². The smallest absolute Gasteiger partial charge is 0.160 e. The zero-order valence-electron chi connectivity index (χ0n) is 26.1. The quantitative estimate of drug-likeness (QED) is 0.191. The van der Waals surface area contributed by atoms with Crippen LogP contribution < -0.4 is 0 Å². The summed E-state index contributed by atoms with van der Waals surface area (Å²) in [6.45, 7) is 6.70. The summed E-state index contributed by atoms with van der Waals surface area (Å²) >= 11 is 0. The van der Waals surface area contributed by atoms with Crippen LogP contribution in [0.5, 0.6) is 0 Å². The number of hydrogen-bond acceptors (Lipinski definition) is 4. The van der Waals surface area contributed by atoms with Crippen molar-refractivity contribution in [3.8, 4) is 45.2 Å². The Hall–Kier alpha value is -5.74. The zero-order chi connectivity index (χ0) is 31.3. The predicted octanol–water partition coefficient (Wildman–Crippen LogP) is 10.7. The van der Waals surface area contributed by atoms with Crippen molar-refractivity contribution in [2.24, 2.45) is 0 Å². The Labute approximate surface area is 268 Å². The molecule has 3 heterocycles. The van der Waals surface area contributed by atoms with E-state index >= 15 is 0 Å². The second kappa shape index (κ2) is 11.0. The molecule has 5 aromatic carbocycles. The van der Waals surface area contributed by atoms with Gasteiger partial charge in [0.05, 0.1) is 33.6 Å². The van der Waals surface area contributed by atoms with Gasteiger partial charge in [-0.3, -0.25) is 0 Å². The molecular formula is C42H32N4. The predicted molar refractivity (Wildman–Crippen MR) is 191 cm³/mol. The second-order valence-corrected chi connectivity index (χ2v) is 12.8. The Kier molecular flexibility index (Phi) is 6.65. The fourth-order valence-electron chi connectivity index (χ4n) is 6.11. The highest BCUT2D eigenvalue weighted by atomic mass is 14.9. The van der Waals surface area contributed by atoms with E-state index < -0.39 is 0 Å². The third kappa shape index (κ3) is 4.98. The molecule has 0 N–H and O–H groups in total. The molecule has 0 aliphatic rings. The second-order valence-electron chi connectivity index (χ2n) is 12.8. The lowest BCUT2D eigenvalue weighted by Gasteiger charge is -2.19. The van der Waals surface area contributed by atoms with Crippen LogP contribution in [0.15, 0.2) is 140 Å². The third-order valence-electron chi connectivity index (χ3n) is 8.65. The van der Waals surface area contributed by atoms with Crippen molar-refractivity contribution in [1.82, 2.24) is 19.9 Å². The van der Waals surface area contributed by atoms with Crippen LogP contribution in [0.2, 0.25) is 0 Å². The van der Waals surface area contributed by atoms with Crippen molar-refractivity contribution in [1.29, 1.82) is 0 Å². The minimum atomic E-state index is 0.0993. The van der Waals surface area contributed by atoms with E-state index in [1.807, 2.05) is 36.4 Å². The SMILES string of the molecule is CC(C)(C)c1ccc(-c2ccc3ccc4ccc(-c5cccc6c(-c7ccccc7)nc(-c7ccccc7)nc56)nc4c3n2)cc1. The molecule has 0 bridgehead atoms. The molecule has 0 aliphatic heterocycles. The molecule has 4 heteroatoms. The maximum Gasteiger partial charge on any atom is 0.160 e. The van der Waals surface area contributed by atoms with Crippen LogP contribution in [0.1, 0.15) is 26.3 Å². The molecule has 3 aromatic heterocycles. The highest BCUT2D eigenvalue weighted by Crippen LogP contribution is 2.36. The molecule has 220 valence electrons. The molecule has 0 saturated carbocycles. The average Bonchev–Trinajstić information content (AvgIpc) is 3.11. The van der Waals surface area contributed by atoms with Gasteiger partial charge in [-0.2, -0.15) is 0 Å². The standard InChI is InChI=1S/C42H32N4/c1-42(2,3)32-23-19-27(20-24-32)35-25-21-29-17-18-30-22-26-36(44-39(30)38(29)43-35)33-15-10-16-34-37(28-11-6-4-7-12-28)45-41(46-40(33)34)31-13-8-5-9-14-31/h4-26H,1-3H3. The maximum absolute atomic E-state index is 5.29. The lowest BCUT2D eigenvalue weighted by Crippen LogP contribution is -2.10. The summed E-state index contributed by atoms with van der Waals surface area (Å²) in [6, 6.07) is 48.2. The Morgan fingerprint density at radius 2 is 1.00 bits per heavy atom. The summed E-state index contributed by atoms with van der Waals surface area (Å²) in [6.07, 6.45) is 0. The molecule has 0 radical (unpaired) electrons. The van der Waals surface area contributed by atoms with Crippen molar-refractivity contribution in [3.05, 3.63) is 145 Å². The van der Waals surface area contributed by atoms with Crippen molar-refractivity contribution in [2.45, 2.75) is 26.2 Å². The lowest BCUT2D eigenvalue weighted by molar-refractivity contribution is 0.590. The summed E-state index contributed by atoms with van der Waals surface area (Å²) in [5.74, 6) is 0.689. The number of nitrogens with zero attached hydrogens (tertiary/aromatic N) is 4. The molecule has 0 aliphatic carbocycles. The van der Waals surface area contributed by atoms with Crippen molar-refractivity contribution in [2.75, 3.05) is 0 Å². The van der Waals surface area contributed by atoms with Crippen LogP contribution >= 0.6 is 0 Å². The van der Waals surface area contributed by atoms with Crippen LogP contribution in [-0.2, 0) is 5.41 Å². The first kappa shape index (κ1) is 27.8. The monoisotopic (exact) mass is 592 g/mol. The number of hydrogen-bond donors (Lipinski definition) is 0. The normalized spacial score (nSPS) is 11.8. The number of rotatable bonds is 4. The Morgan fingerprint density at radius 3 is 1.65 bits per heavy atom. The highest BCUT2D eigenvalue weighted by molar-refractivity contribution is 6.06. The average molecular weight is 593 g/mol. The van der Waals surface area contributed by atoms with Gasteiger partial charge >= 0.3 is 0 Å². The van der Waals surface area contributed by atoms with E-state index in [1.54, 1.807) is 0 Å². The summed E-state index contributed by atoms with van der Waals surface area (Å²) in [5, 5.41) is 3.10. The van der Waals surface area contributed by atoms with Gasteiger partial charge in [0.1, 0.15) is 0 Å². The minimum absolute atomic E-state index is 0.0993. The summed E-state index contributed by atoms with van der Waals surface area (Å²) in [4.78, 5) is 20.7. The fourth-order valence-corrected chi connectivity index (χ4v) is 6.11. The van der Waals surface area contributed by atoms with Gasteiger partial charge in [-0.15, -0.1) is 0 Å². The summed E-state index contributed by atoms with van der Waals surface area (Å²) in [5.41, 5.74) is 10.8. The third-order valence-corrected chi connectivity index (χ3v) is 8.65. The lowest BCUT2D eigenvalue weighted by atomic mass is 9.86. The molecule has 0 atom stereocenters. The van der Waals surface area contributed by atoms with Gasteiger partial charge < -0.3 is 0 Å². The van der Waals surface area contributed by atoms with E-state index in [0.29, 0.717) is 5.82 Å². The topological polar surface area (TPSA) is 51.6 Å². The summed E-state index contributed by atoms with van der Waals surface area (Å²) in [7, 11) is 0. The van der Waals surface area contributed by atoms with E-state index in [2.05, 4.69) is 124 Å². The molecule has 0 saturated heterocycles. The van der Waals surface area contributed by atoms with Gasteiger partial charge in [0.15, 0.2) is 5.82 Å². The minimum Gasteiger partial charge on any atom is -0.245 e. The first-order valence-electron chi connectivity index (χ1n) is 15.7. The summed E-state index contributed by atoms with van der Waals surface area (Å²) < 4.78 is 0. The molecule has 0 spiro atoms. The number of fused-ring (bicyclic) bond motifs is 4. The Bertz CT molecular complexity index is 2370. The largest absolute Gasteiger partial charge is 0.245 e. The van der Waals surface area contributed by atoms with Gasteiger partial charge in [-0.05, 0) is 23.1 Å². The Balaban J connectivity index is 1.32. The molecule has 4 nitrogen and oxygen atoms in total. The van der Waals surface area contributed by atoms with Crippen LogP contribution in [0, 0.1) is 0 Å². The van der Waals surface area contributed by atoms with Crippen LogP contribution in [-0.4, -0.2) is 19.9 Å². The van der Waals surface area contributed by atoms with Gasteiger partial charge in [0.25, 0.3) is 0 Å². The van der Waals surface area contributed by atoms with Gasteiger partial charge in [0.2, 0.25) is 0 Å². The maximum atomic E-state index is 5.29. The van der Waals surface area contributed by atoms with Crippen molar-refractivity contribution in [3.63, 3.8) is 0 Å². The molecule has 0 fully saturated rings. The van der Waals surface area contributed by atoms with Gasteiger partial charge in [-0.25, -0.2) is 19.9 Å². The molecule has 0 amide bonds. The van der Waals surface area contributed by atoms with Gasteiger partial charge in [0, 0.05) is 38.4 Å². The first-order chi connectivity index (χ1) is 22.4. The fraction of sp³-hybridized carbons (Fsp3) is 0.0952. The number of aromatic nitrogens is 4. The van der Waals surface area contributed by atoms with Crippen LogP contribution in [0.25, 0.3) is 77.9 Å². The molecule has 8 rings (SSSR count). The highest BCUT2D eigenvalue weighted by Gasteiger charge is 2.17. The van der Waals surface area contributed by atoms with E-state index in [1.165, 1.54) is 5.56 Å². The number of benzene rings is 5. The molecule has 8 aromatic rings. The van der Waals surface area contributed by atoms with E-state index in [9.17, 15) is 0 Å². The van der Waals surface area contributed by atoms with E-state index in [0.717, 1.165) is 72.0 Å². The van der Waals surface area contributed by atoms with Crippen LogP contribution in [0.4, 0.5) is 0 Å². The van der Waals surface area contributed by atoms with E-state index in [4.69, 9.17) is 19.9 Å². The zero-order valence-corrected chi connectivity index (χ0v) is 26.1. The number of para-hydroxylation sites is 1. The van der Waals surface area contributed by atoms with Crippen molar-refractivity contribution < 1.29 is 0 Å². The van der Waals surface area contributed by atoms with Gasteiger partial charge in [-0.1, -0.05) is 148 Å². The Morgan fingerprint density at radius 1 is 0.413 bits per heavy atom.